The van der Waals surface area contributed by atoms with Crippen molar-refractivity contribution in [2.24, 2.45) is 0 Å². The quantitative estimate of drug-likeness (QED) is 0.752. The lowest BCUT2D eigenvalue weighted by Gasteiger charge is -2.32. The van der Waals surface area contributed by atoms with Crippen LogP contribution in [0.2, 0.25) is 10.0 Å². The molecule has 0 amide bonds. The summed E-state index contributed by atoms with van der Waals surface area (Å²) in [6, 6.07) is 5.45. The number of aromatic nitrogens is 1. The summed E-state index contributed by atoms with van der Waals surface area (Å²) >= 11 is 11.9. The molecule has 2 aromatic rings. The molecule has 1 unspecified atom stereocenters. The van der Waals surface area contributed by atoms with Crippen molar-refractivity contribution >= 4 is 35.0 Å². The molecule has 0 radical (unpaired) electrons. The molecule has 27 heavy (non-hydrogen) atoms. The maximum atomic E-state index is 14.1. The number of aryl methyl sites for hydroxylation is 1. The minimum Gasteiger partial charge on any atom is -0.478 e. The van der Waals surface area contributed by atoms with E-state index in [4.69, 9.17) is 28.3 Å². The van der Waals surface area contributed by atoms with Crippen LogP contribution in [0.4, 0.5) is 19.0 Å². The van der Waals surface area contributed by atoms with E-state index in [1.165, 1.54) is 29.2 Å². The van der Waals surface area contributed by atoms with Crippen molar-refractivity contribution in [3.63, 3.8) is 0 Å². The molecule has 4 nitrogen and oxygen atoms in total. The van der Waals surface area contributed by atoms with Gasteiger partial charge in [0, 0.05) is 29.3 Å². The Labute approximate surface area is 163 Å². The summed E-state index contributed by atoms with van der Waals surface area (Å²) < 4.78 is 42.3. The molecule has 3 rings (SSSR count). The Hall–Kier alpha value is -1.99. The first-order valence-corrected chi connectivity index (χ1v) is 8.77. The molecule has 0 aliphatic carbocycles. The number of aromatic carboxylic acids is 1. The normalized spacial score (nSPS) is 20.1. The van der Waals surface area contributed by atoms with E-state index in [0.29, 0.717) is 11.4 Å². The maximum Gasteiger partial charge on any atom is 0.400 e. The molecular formula is C18H15Cl2F3N2O2. The molecule has 1 N–H and O–H groups in total. The lowest BCUT2D eigenvalue weighted by Crippen LogP contribution is -2.45. The number of carbonyl (C=O) groups is 1. The molecule has 1 fully saturated rings. The van der Waals surface area contributed by atoms with E-state index in [-0.39, 0.29) is 40.7 Å². The van der Waals surface area contributed by atoms with Crippen molar-refractivity contribution in [1.82, 2.24) is 4.98 Å². The second-order valence-electron chi connectivity index (χ2n) is 6.57. The van der Waals surface area contributed by atoms with Crippen LogP contribution >= 0.6 is 23.2 Å². The van der Waals surface area contributed by atoms with Crippen LogP contribution in [0.1, 0.15) is 27.9 Å². The highest BCUT2D eigenvalue weighted by Crippen LogP contribution is 2.49. The highest BCUT2D eigenvalue weighted by Gasteiger charge is 2.59. The fourth-order valence-corrected chi connectivity index (χ4v) is 3.93. The molecular weight excluding hydrogens is 404 g/mol. The van der Waals surface area contributed by atoms with Crippen molar-refractivity contribution in [3.05, 3.63) is 57.2 Å². The predicted molar refractivity (Wildman–Crippen MR) is 97.0 cm³/mol. The molecule has 1 aromatic carbocycles. The molecule has 144 valence electrons. The van der Waals surface area contributed by atoms with Gasteiger partial charge >= 0.3 is 12.1 Å². The van der Waals surface area contributed by atoms with Crippen LogP contribution < -0.4 is 4.90 Å². The number of benzene rings is 1. The first-order valence-electron chi connectivity index (χ1n) is 8.02. The van der Waals surface area contributed by atoms with Gasteiger partial charge in [-0.1, -0.05) is 23.2 Å². The van der Waals surface area contributed by atoms with Crippen molar-refractivity contribution in [2.75, 3.05) is 18.0 Å². The zero-order chi connectivity index (χ0) is 20.0. The highest BCUT2D eigenvalue weighted by atomic mass is 35.5. The lowest BCUT2D eigenvalue weighted by molar-refractivity contribution is -0.184. The third-order valence-corrected chi connectivity index (χ3v) is 5.31. The Morgan fingerprint density at radius 3 is 2.37 bits per heavy atom. The molecule has 1 saturated heterocycles. The summed E-state index contributed by atoms with van der Waals surface area (Å²) in [5.74, 6) is -0.831. The summed E-state index contributed by atoms with van der Waals surface area (Å²) in [6.07, 6.45) is -3.54. The van der Waals surface area contributed by atoms with Gasteiger partial charge in [-0.25, -0.2) is 9.78 Å². The number of anilines is 1. The topological polar surface area (TPSA) is 53.4 Å². The number of rotatable bonds is 3. The summed E-state index contributed by atoms with van der Waals surface area (Å²) in [5, 5.41) is 9.36. The average Bonchev–Trinajstić information content (AvgIpc) is 3.00. The Morgan fingerprint density at radius 2 is 1.85 bits per heavy atom. The number of pyridine rings is 1. The molecule has 0 spiro atoms. The van der Waals surface area contributed by atoms with Gasteiger partial charge < -0.3 is 10.0 Å². The monoisotopic (exact) mass is 418 g/mol. The van der Waals surface area contributed by atoms with Crippen LogP contribution in [0.15, 0.2) is 30.5 Å². The fourth-order valence-electron chi connectivity index (χ4n) is 3.40. The van der Waals surface area contributed by atoms with Crippen LogP contribution in [0.25, 0.3) is 0 Å². The fraction of sp³-hybridized carbons (Fsp3) is 0.333. The van der Waals surface area contributed by atoms with Crippen molar-refractivity contribution in [2.45, 2.75) is 24.9 Å². The summed E-state index contributed by atoms with van der Waals surface area (Å²) in [7, 11) is 0. The number of carboxylic acid groups (broad SMARTS) is 1. The van der Waals surface area contributed by atoms with E-state index in [9.17, 15) is 18.0 Å². The average molecular weight is 419 g/mol. The van der Waals surface area contributed by atoms with E-state index >= 15 is 0 Å². The number of hydrogen-bond donors (Lipinski definition) is 1. The van der Waals surface area contributed by atoms with Crippen LogP contribution in [0.5, 0.6) is 0 Å². The standard InChI is InChI=1S/C18H15Cl2F3N2O2/c1-10-4-15(24-8-14(10)16(26)27)25-3-2-17(9-25,18(21,22)23)11-5-12(19)7-13(20)6-11/h4-8H,2-3,9H2,1H3,(H,26,27). The van der Waals surface area contributed by atoms with Gasteiger partial charge in [-0.15, -0.1) is 0 Å². The second kappa shape index (κ2) is 6.87. The van der Waals surface area contributed by atoms with Gasteiger partial charge in [0.05, 0.1) is 5.56 Å². The Bertz CT molecular complexity index is 884. The van der Waals surface area contributed by atoms with Gasteiger partial charge in [-0.2, -0.15) is 13.2 Å². The van der Waals surface area contributed by atoms with Crippen LogP contribution in [-0.2, 0) is 5.41 Å². The summed E-state index contributed by atoms with van der Waals surface area (Å²) in [4.78, 5) is 16.7. The zero-order valence-corrected chi connectivity index (χ0v) is 15.7. The maximum absolute atomic E-state index is 14.1. The Morgan fingerprint density at radius 1 is 1.22 bits per heavy atom. The van der Waals surface area contributed by atoms with Gasteiger partial charge in [-0.3, -0.25) is 0 Å². The van der Waals surface area contributed by atoms with Gasteiger partial charge in [0.25, 0.3) is 0 Å². The molecule has 1 aromatic heterocycles. The molecule has 2 heterocycles. The Balaban J connectivity index is 2.01. The highest BCUT2D eigenvalue weighted by molar-refractivity contribution is 6.34. The minimum atomic E-state index is -4.52. The first-order chi connectivity index (χ1) is 12.5. The van der Waals surface area contributed by atoms with E-state index in [1.807, 2.05) is 0 Å². The molecule has 1 aliphatic heterocycles. The number of alkyl halides is 3. The number of halogens is 5. The smallest absolute Gasteiger partial charge is 0.400 e. The molecule has 1 atom stereocenters. The van der Waals surface area contributed by atoms with Gasteiger partial charge in [0.15, 0.2) is 0 Å². The number of carboxylic acids is 1. The van der Waals surface area contributed by atoms with Crippen molar-refractivity contribution in [3.8, 4) is 0 Å². The van der Waals surface area contributed by atoms with Crippen LogP contribution in [0.3, 0.4) is 0 Å². The van der Waals surface area contributed by atoms with E-state index in [1.54, 1.807) is 6.92 Å². The van der Waals surface area contributed by atoms with Gasteiger partial charge in [0.2, 0.25) is 0 Å². The van der Waals surface area contributed by atoms with Crippen molar-refractivity contribution < 1.29 is 23.1 Å². The van der Waals surface area contributed by atoms with E-state index in [0.717, 1.165) is 6.20 Å². The lowest BCUT2D eigenvalue weighted by atomic mass is 9.79. The molecule has 0 bridgehead atoms. The zero-order valence-electron chi connectivity index (χ0n) is 14.1. The largest absolute Gasteiger partial charge is 0.478 e. The van der Waals surface area contributed by atoms with E-state index < -0.39 is 17.6 Å². The predicted octanol–water partition coefficient (Wildman–Crippen LogP) is 5.11. The Kier molecular flexibility index (Phi) is 5.03. The summed E-state index contributed by atoms with van der Waals surface area (Å²) in [5.41, 5.74) is -1.68. The number of nitrogens with zero attached hydrogens (tertiary/aromatic N) is 2. The number of hydrogen-bond acceptors (Lipinski definition) is 3. The summed E-state index contributed by atoms with van der Waals surface area (Å²) in [6.45, 7) is 1.34. The van der Waals surface area contributed by atoms with E-state index in [2.05, 4.69) is 4.98 Å². The minimum absolute atomic E-state index is 0.00822. The third kappa shape index (κ3) is 3.58. The second-order valence-corrected chi connectivity index (χ2v) is 7.44. The third-order valence-electron chi connectivity index (χ3n) is 4.88. The van der Waals surface area contributed by atoms with Gasteiger partial charge in [-0.05, 0) is 48.7 Å². The van der Waals surface area contributed by atoms with Crippen LogP contribution in [-0.4, -0.2) is 35.3 Å². The molecule has 1 aliphatic rings. The van der Waals surface area contributed by atoms with Crippen LogP contribution in [0, 0.1) is 6.92 Å². The SMILES string of the molecule is Cc1cc(N2CCC(c3cc(Cl)cc(Cl)c3)(C(F)(F)F)C2)ncc1C(=O)O. The van der Waals surface area contributed by atoms with Gasteiger partial charge in [0.1, 0.15) is 11.2 Å². The molecule has 0 saturated carbocycles. The van der Waals surface area contributed by atoms with Crippen molar-refractivity contribution in [1.29, 1.82) is 0 Å². The molecule has 9 heteroatoms. The first kappa shape index (κ1) is 19.8.